The highest BCUT2D eigenvalue weighted by atomic mass is 79.9. The van der Waals surface area contributed by atoms with Gasteiger partial charge < -0.3 is 0 Å². The van der Waals surface area contributed by atoms with Crippen LogP contribution >= 0.6 is 15.9 Å². The minimum atomic E-state index is -0.341. The molecule has 4 heteroatoms. The average molecular weight is 368 g/mol. The van der Waals surface area contributed by atoms with Crippen molar-refractivity contribution in [2.24, 2.45) is 0 Å². The van der Waals surface area contributed by atoms with Crippen molar-refractivity contribution in [1.82, 2.24) is 0 Å². The number of aryl methyl sites for hydroxylation is 1. The van der Waals surface area contributed by atoms with E-state index in [1.807, 2.05) is 49.4 Å². The largest absolute Gasteiger partial charge is 0.277 e. The fraction of sp³-hybridized carbons (Fsp3) is 0.0526. The summed E-state index contributed by atoms with van der Waals surface area (Å²) >= 11 is 3.65. The molecule has 3 nitrogen and oxygen atoms in total. The van der Waals surface area contributed by atoms with Gasteiger partial charge in [-0.15, -0.1) is 0 Å². The Morgan fingerprint density at radius 1 is 0.870 bits per heavy atom. The minimum Gasteiger partial charge on any atom is -0.258 e. The smallest absolute Gasteiger partial charge is 0.258 e. The van der Waals surface area contributed by atoms with Crippen LogP contribution in [0.25, 0.3) is 22.3 Å². The fourth-order valence-corrected chi connectivity index (χ4v) is 3.32. The van der Waals surface area contributed by atoms with Crippen LogP contribution in [0.1, 0.15) is 5.56 Å². The number of nitrogens with zero attached hydrogens (tertiary/aromatic N) is 1. The van der Waals surface area contributed by atoms with Gasteiger partial charge in [0.15, 0.2) is 0 Å². The number of halogens is 1. The van der Waals surface area contributed by atoms with Crippen molar-refractivity contribution >= 4 is 21.6 Å². The van der Waals surface area contributed by atoms with Crippen molar-refractivity contribution < 1.29 is 4.92 Å². The predicted molar refractivity (Wildman–Crippen MR) is 96.4 cm³/mol. The molecule has 0 spiro atoms. The number of hydrogen-bond donors (Lipinski definition) is 0. The summed E-state index contributed by atoms with van der Waals surface area (Å²) in [6.07, 6.45) is 0. The Kier molecular flexibility index (Phi) is 4.26. The zero-order chi connectivity index (χ0) is 16.4. The molecule has 0 saturated heterocycles. The Labute approximate surface area is 142 Å². The van der Waals surface area contributed by atoms with Crippen LogP contribution in [-0.4, -0.2) is 4.92 Å². The van der Waals surface area contributed by atoms with Crippen molar-refractivity contribution in [3.63, 3.8) is 0 Å². The number of nitro groups is 1. The molecule has 114 valence electrons. The first-order chi connectivity index (χ1) is 11.1. The van der Waals surface area contributed by atoms with Crippen LogP contribution in [0.2, 0.25) is 0 Å². The van der Waals surface area contributed by atoms with Crippen LogP contribution in [0.15, 0.2) is 71.2 Å². The van der Waals surface area contributed by atoms with Gasteiger partial charge in [-0.1, -0.05) is 54.6 Å². The second-order valence-corrected chi connectivity index (χ2v) is 6.11. The van der Waals surface area contributed by atoms with E-state index >= 15 is 0 Å². The second kappa shape index (κ2) is 6.34. The Morgan fingerprint density at radius 2 is 1.48 bits per heavy atom. The first kappa shape index (κ1) is 15.4. The number of rotatable bonds is 3. The maximum atomic E-state index is 11.3. The highest BCUT2D eigenvalue weighted by Crippen LogP contribution is 2.40. The summed E-state index contributed by atoms with van der Waals surface area (Å²) in [4.78, 5) is 11.0. The van der Waals surface area contributed by atoms with Crippen molar-refractivity contribution in [2.75, 3.05) is 0 Å². The van der Waals surface area contributed by atoms with Crippen LogP contribution in [0.5, 0.6) is 0 Å². The highest BCUT2D eigenvalue weighted by Gasteiger charge is 2.18. The molecule has 0 aliphatic rings. The fourth-order valence-electron chi connectivity index (χ4n) is 2.65. The van der Waals surface area contributed by atoms with E-state index in [9.17, 15) is 10.1 Å². The first-order valence-electron chi connectivity index (χ1n) is 7.17. The average Bonchev–Trinajstić information content (AvgIpc) is 2.57. The van der Waals surface area contributed by atoms with E-state index in [1.165, 1.54) is 6.07 Å². The van der Waals surface area contributed by atoms with Gasteiger partial charge in [0, 0.05) is 16.1 Å². The molecule has 0 bridgehead atoms. The van der Waals surface area contributed by atoms with Gasteiger partial charge in [-0.05, 0) is 45.6 Å². The normalized spacial score (nSPS) is 10.5. The maximum Gasteiger partial charge on any atom is 0.277 e. The Hall–Kier alpha value is -2.46. The van der Waals surface area contributed by atoms with E-state index in [0.29, 0.717) is 5.56 Å². The van der Waals surface area contributed by atoms with Crippen molar-refractivity contribution in [2.45, 2.75) is 6.92 Å². The quantitative estimate of drug-likeness (QED) is 0.420. The predicted octanol–water partition coefficient (Wildman–Crippen LogP) is 6.00. The molecule has 23 heavy (non-hydrogen) atoms. The lowest BCUT2D eigenvalue weighted by Gasteiger charge is -2.13. The van der Waals surface area contributed by atoms with E-state index in [-0.39, 0.29) is 10.6 Å². The lowest BCUT2D eigenvalue weighted by Crippen LogP contribution is -1.94. The molecule has 3 rings (SSSR count). The van der Waals surface area contributed by atoms with Gasteiger partial charge in [0.25, 0.3) is 5.69 Å². The molecule has 0 radical (unpaired) electrons. The van der Waals surface area contributed by atoms with Crippen LogP contribution in [0.3, 0.4) is 0 Å². The van der Waals surface area contributed by atoms with Gasteiger partial charge in [0.1, 0.15) is 0 Å². The number of para-hydroxylation sites is 1. The number of benzene rings is 3. The summed E-state index contributed by atoms with van der Waals surface area (Å²) in [5.74, 6) is 0. The molecule has 3 aromatic carbocycles. The number of nitro benzene ring substituents is 1. The summed E-state index contributed by atoms with van der Waals surface area (Å²) in [7, 11) is 0. The van der Waals surface area contributed by atoms with Crippen LogP contribution < -0.4 is 0 Å². The Bertz CT molecular complexity index is 876. The molecule has 0 N–H and O–H groups in total. The summed E-state index contributed by atoms with van der Waals surface area (Å²) in [6.45, 7) is 2.00. The SMILES string of the molecule is Cc1cc(-c2ccccc2)c(Br)c(-c2ccccc2[N+](=O)[O-])c1. The number of hydrogen-bond acceptors (Lipinski definition) is 2. The van der Waals surface area contributed by atoms with Gasteiger partial charge >= 0.3 is 0 Å². The van der Waals surface area contributed by atoms with Gasteiger partial charge in [0.05, 0.1) is 10.5 Å². The Balaban J connectivity index is 2.27. The summed E-state index contributed by atoms with van der Waals surface area (Å²) in [5, 5.41) is 11.3. The van der Waals surface area contributed by atoms with Crippen molar-refractivity contribution in [3.8, 4) is 22.3 Å². The monoisotopic (exact) mass is 367 g/mol. The van der Waals surface area contributed by atoms with Gasteiger partial charge in [-0.3, -0.25) is 10.1 Å². The summed E-state index contributed by atoms with van der Waals surface area (Å²) in [6, 6.07) is 20.9. The highest BCUT2D eigenvalue weighted by molar-refractivity contribution is 9.10. The zero-order valence-corrected chi connectivity index (χ0v) is 14.1. The molecule has 0 amide bonds. The minimum absolute atomic E-state index is 0.109. The van der Waals surface area contributed by atoms with Gasteiger partial charge in [-0.25, -0.2) is 0 Å². The topological polar surface area (TPSA) is 43.1 Å². The van der Waals surface area contributed by atoms with Crippen LogP contribution in [0, 0.1) is 17.0 Å². The molecule has 0 fully saturated rings. The third-order valence-electron chi connectivity index (χ3n) is 3.69. The summed E-state index contributed by atoms with van der Waals surface area (Å²) < 4.78 is 0.864. The molecular weight excluding hydrogens is 354 g/mol. The third-order valence-corrected chi connectivity index (χ3v) is 4.55. The van der Waals surface area contributed by atoms with E-state index < -0.39 is 0 Å². The van der Waals surface area contributed by atoms with Crippen molar-refractivity contribution in [3.05, 3.63) is 86.9 Å². The molecule has 3 aromatic rings. The molecule has 0 aliphatic heterocycles. The first-order valence-corrected chi connectivity index (χ1v) is 7.96. The van der Waals surface area contributed by atoms with Crippen LogP contribution in [0.4, 0.5) is 5.69 Å². The Morgan fingerprint density at radius 3 is 2.17 bits per heavy atom. The molecule has 0 unspecified atom stereocenters. The van der Waals surface area contributed by atoms with E-state index in [2.05, 4.69) is 22.0 Å². The van der Waals surface area contributed by atoms with E-state index in [1.54, 1.807) is 12.1 Å². The lowest BCUT2D eigenvalue weighted by atomic mass is 9.95. The van der Waals surface area contributed by atoms with Gasteiger partial charge in [-0.2, -0.15) is 0 Å². The van der Waals surface area contributed by atoms with Crippen LogP contribution in [-0.2, 0) is 0 Å². The third kappa shape index (κ3) is 3.03. The van der Waals surface area contributed by atoms with E-state index in [4.69, 9.17) is 0 Å². The van der Waals surface area contributed by atoms with Gasteiger partial charge in [0.2, 0.25) is 0 Å². The van der Waals surface area contributed by atoms with Crippen molar-refractivity contribution in [1.29, 1.82) is 0 Å². The standard InChI is InChI=1S/C19H14BrNO2/c1-13-11-16(14-7-3-2-4-8-14)19(20)17(12-13)15-9-5-6-10-18(15)21(22)23/h2-12H,1H3. The maximum absolute atomic E-state index is 11.3. The lowest BCUT2D eigenvalue weighted by molar-refractivity contribution is -0.384. The zero-order valence-electron chi connectivity index (χ0n) is 12.5. The summed E-state index contributed by atoms with van der Waals surface area (Å²) in [5.41, 5.74) is 4.71. The molecule has 0 atom stereocenters. The van der Waals surface area contributed by atoms with E-state index in [0.717, 1.165) is 26.7 Å². The molecule has 0 aliphatic carbocycles. The second-order valence-electron chi connectivity index (χ2n) is 5.31. The molecular formula is C19H14BrNO2. The molecule has 0 aromatic heterocycles. The molecule has 0 saturated carbocycles. The molecule has 0 heterocycles.